The first-order valence-electron chi connectivity index (χ1n) is 8.42. The van der Waals surface area contributed by atoms with Gasteiger partial charge in [0.15, 0.2) is 6.10 Å². The number of nitrogens with zero attached hydrogens (tertiary/aromatic N) is 1. The molecule has 0 spiro atoms. The third-order valence-electron chi connectivity index (χ3n) is 3.49. The van der Waals surface area contributed by atoms with Gasteiger partial charge in [-0.1, -0.05) is 47.1 Å². The monoisotopic (exact) mass is 381 g/mol. The number of carbonyl (C=O) groups is 2. The fourth-order valence-electron chi connectivity index (χ4n) is 2.35. The molecule has 0 aromatic heterocycles. The van der Waals surface area contributed by atoms with Crippen molar-refractivity contribution in [3.8, 4) is 0 Å². The molecule has 1 unspecified atom stereocenters. The molecule has 0 radical (unpaired) electrons. The first-order valence-corrected chi connectivity index (χ1v) is 8.80. The summed E-state index contributed by atoms with van der Waals surface area (Å²) in [6.45, 7) is 5.54. The Hall–Kier alpha value is -2.28. The summed E-state index contributed by atoms with van der Waals surface area (Å²) in [5.74, 6) is -0.327. The molecule has 7 nitrogen and oxygen atoms in total. The zero-order valence-electron chi connectivity index (χ0n) is 15.1. The van der Waals surface area contributed by atoms with E-state index < -0.39 is 17.7 Å². The first-order chi connectivity index (χ1) is 12.2. The minimum atomic E-state index is -0.773. The average molecular weight is 382 g/mol. The molecule has 26 heavy (non-hydrogen) atoms. The number of hydrogen-bond donors (Lipinski definition) is 2. The molecule has 142 valence electrons. The summed E-state index contributed by atoms with van der Waals surface area (Å²) in [5, 5.41) is 9.41. The minimum absolute atomic E-state index is 0.250. The van der Waals surface area contributed by atoms with E-state index in [1.807, 2.05) is 30.3 Å². The lowest BCUT2D eigenvalue weighted by atomic mass is 10.1. The number of halogens is 1. The van der Waals surface area contributed by atoms with E-state index in [-0.39, 0.29) is 18.6 Å². The van der Waals surface area contributed by atoms with Crippen molar-refractivity contribution in [2.45, 2.75) is 51.4 Å². The van der Waals surface area contributed by atoms with Crippen molar-refractivity contribution in [3.05, 3.63) is 35.9 Å². The van der Waals surface area contributed by atoms with Crippen LogP contribution in [0.4, 0.5) is 4.79 Å². The van der Waals surface area contributed by atoms with Crippen LogP contribution in [-0.2, 0) is 20.8 Å². The summed E-state index contributed by atoms with van der Waals surface area (Å²) in [5.41, 5.74) is 0.274. The number of nitrogens with one attached hydrogen (secondary N) is 2. The van der Waals surface area contributed by atoms with Gasteiger partial charge in [0.2, 0.25) is 5.91 Å². The highest BCUT2D eigenvalue weighted by Crippen LogP contribution is 2.12. The zero-order valence-corrected chi connectivity index (χ0v) is 15.9. The second-order valence-corrected chi connectivity index (χ2v) is 7.47. The number of rotatable bonds is 6. The summed E-state index contributed by atoms with van der Waals surface area (Å²) in [6.07, 6.45) is -0.151. The van der Waals surface area contributed by atoms with Crippen molar-refractivity contribution in [3.63, 3.8) is 0 Å². The van der Waals surface area contributed by atoms with Gasteiger partial charge in [-0.2, -0.15) is 0 Å². The largest absolute Gasteiger partial charge is 0.444 e. The minimum Gasteiger partial charge on any atom is -0.444 e. The van der Waals surface area contributed by atoms with E-state index >= 15 is 0 Å². The average Bonchev–Trinajstić information content (AvgIpc) is 2.96. The lowest BCUT2D eigenvalue weighted by Crippen LogP contribution is -2.50. The van der Waals surface area contributed by atoms with E-state index in [4.69, 9.17) is 21.2 Å². The Balaban J connectivity index is 1.96. The maximum Gasteiger partial charge on any atom is 0.408 e. The molecule has 0 saturated carbocycles. The lowest BCUT2D eigenvalue weighted by Gasteiger charge is -2.23. The molecule has 2 N–H and O–H groups in total. The summed E-state index contributed by atoms with van der Waals surface area (Å²) in [7, 11) is 0. The van der Waals surface area contributed by atoms with Gasteiger partial charge in [0.05, 0.1) is 6.54 Å². The van der Waals surface area contributed by atoms with Crippen LogP contribution in [0.5, 0.6) is 0 Å². The van der Waals surface area contributed by atoms with E-state index in [2.05, 4.69) is 15.8 Å². The van der Waals surface area contributed by atoms with E-state index in [0.29, 0.717) is 18.0 Å². The zero-order chi connectivity index (χ0) is 19.2. The molecule has 2 rings (SSSR count). The van der Waals surface area contributed by atoms with Crippen molar-refractivity contribution in [2.24, 2.45) is 5.16 Å². The second kappa shape index (κ2) is 8.89. The molecular weight excluding hydrogens is 358 g/mol. The molecule has 1 aliphatic rings. The molecule has 1 heterocycles. The van der Waals surface area contributed by atoms with Gasteiger partial charge in [-0.05, 0) is 26.3 Å². The molecule has 0 saturated heterocycles. The van der Waals surface area contributed by atoms with Gasteiger partial charge in [-0.3, -0.25) is 4.79 Å². The number of oxime groups is 1. The molecule has 2 atom stereocenters. The van der Waals surface area contributed by atoms with E-state index in [1.54, 1.807) is 20.8 Å². The van der Waals surface area contributed by atoms with Gasteiger partial charge in [0, 0.05) is 12.8 Å². The first kappa shape index (κ1) is 20.0. The molecule has 1 aromatic rings. The number of ether oxygens (including phenoxy) is 1. The van der Waals surface area contributed by atoms with Crippen LogP contribution < -0.4 is 10.6 Å². The Morgan fingerprint density at radius 3 is 2.62 bits per heavy atom. The lowest BCUT2D eigenvalue weighted by molar-refractivity contribution is -0.123. The molecular formula is C18H24ClN3O4. The van der Waals surface area contributed by atoms with Crippen LogP contribution in [0.15, 0.2) is 35.5 Å². The molecule has 0 aliphatic carbocycles. The van der Waals surface area contributed by atoms with Crippen LogP contribution in [-0.4, -0.2) is 41.5 Å². The van der Waals surface area contributed by atoms with Crippen molar-refractivity contribution in [1.82, 2.24) is 10.6 Å². The third kappa shape index (κ3) is 6.92. The predicted octanol–water partition coefficient (Wildman–Crippen LogP) is 2.58. The highest BCUT2D eigenvalue weighted by Gasteiger charge is 2.26. The number of carbonyl (C=O) groups excluding carboxylic acids is 2. The third-order valence-corrected chi connectivity index (χ3v) is 3.71. The van der Waals surface area contributed by atoms with Gasteiger partial charge in [0.1, 0.15) is 16.8 Å². The smallest absolute Gasteiger partial charge is 0.408 e. The fraction of sp³-hybridized carbons (Fsp3) is 0.500. The van der Waals surface area contributed by atoms with Crippen molar-refractivity contribution >= 4 is 28.8 Å². The van der Waals surface area contributed by atoms with Crippen LogP contribution in [0, 0.1) is 0 Å². The van der Waals surface area contributed by atoms with E-state index in [1.165, 1.54) is 0 Å². The Morgan fingerprint density at radius 1 is 1.35 bits per heavy atom. The molecule has 1 aromatic carbocycles. The highest BCUT2D eigenvalue weighted by molar-refractivity contribution is 6.65. The SMILES string of the molecule is CC(C)(C)OC(=O)N[C@@H](Cc1ccccc1)C(=O)NCC1CC(Cl)=NO1. The normalized spacial score (nSPS) is 17.7. The Kier molecular flexibility index (Phi) is 6.85. The molecule has 0 fully saturated rings. The Morgan fingerprint density at radius 2 is 2.04 bits per heavy atom. The predicted molar refractivity (Wildman–Crippen MR) is 99.1 cm³/mol. The van der Waals surface area contributed by atoms with Crippen molar-refractivity contribution < 1.29 is 19.2 Å². The maximum atomic E-state index is 12.6. The van der Waals surface area contributed by atoms with E-state index in [9.17, 15) is 9.59 Å². The summed E-state index contributed by atoms with van der Waals surface area (Å²) < 4.78 is 5.26. The summed E-state index contributed by atoms with van der Waals surface area (Å²) >= 11 is 5.76. The van der Waals surface area contributed by atoms with Gasteiger partial charge in [0.25, 0.3) is 0 Å². The van der Waals surface area contributed by atoms with Gasteiger partial charge in [-0.25, -0.2) is 4.79 Å². The Bertz CT molecular complexity index is 658. The maximum absolute atomic E-state index is 12.6. The quantitative estimate of drug-likeness (QED) is 0.792. The fourth-order valence-corrected chi connectivity index (χ4v) is 2.56. The van der Waals surface area contributed by atoms with Crippen LogP contribution in [0.2, 0.25) is 0 Å². The van der Waals surface area contributed by atoms with Crippen molar-refractivity contribution in [2.75, 3.05) is 6.54 Å². The standard InChI is InChI=1S/C18H24ClN3O4/c1-18(2,3)25-17(24)21-14(9-12-7-5-4-6-8-12)16(23)20-11-13-10-15(19)22-26-13/h4-8,13-14H,9-11H2,1-3H3,(H,20,23)(H,21,24)/t13?,14-/m0/s1. The molecule has 2 amide bonds. The molecule has 8 heteroatoms. The number of hydrogen-bond acceptors (Lipinski definition) is 5. The van der Waals surface area contributed by atoms with Gasteiger partial charge >= 0.3 is 6.09 Å². The highest BCUT2D eigenvalue weighted by atomic mass is 35.5. The van der Waals surface area contributed by atoms with Crippen molar-refractivity contribution in [1.29, 1.82) is 0 Å². The molecule has 0 bridgehead atoms. The summed E-state index contributed by atoms with van der Waals surface area (Å²) in [6, 6.07) is 8.66. The topological polar surface area (TPSA) is 89.0 Å². The Labute approximate surface area is 158 Å². The van der Waals surface area contributed by atoms with E-state index in [0.717, 1.165) is 5.56 Å². The number of amides is 2. The molecule has 1 aliphatic heterocycles. The second-order valence-electron chi connectivity index (χ2n) is 7.03. The van der Waals surface area contributed by atoms with Crippen LogP contribution in [0.3, 0.4) is 0 Å². The van der Waals surface area contributed by atoms with Gasteiger partial charge < -0.3 is 20.2 Å². The van der Waals surface area contributed by atoms with Gasteiger partial charge in [-0.15, -0.1) is 0 Å². The number of alkyl carbamates (subject to hydrolysis) is 1. The number of benzene rings is 1. The van der Waals surface area contributed by atoms with Crippen LogP contribution >= 0.6 is 11.6 Å². The summed E-state index contributed by atoms with van der Waals surface area (Å²) in [4.78, 5) is 29.8. The van der Waals surface area contributed by atoms with Crippen LogP contribution in [0.25, 0.3) is 0 Å². The van der Waals surface area contributed by atoms with Crippen LogP contribution in [0.1, 0.15) is 32.8 Å².